The van der Waals surface area contributed by atoms with Crippen molar-refractivity contribution in [2.24, 2.45) is 5.73 Å². The number of amides is 1. The average Bonchev–Trinajstić information content (AvgIpc) is 2.66. The molecule has 0 aromatic carbocycles. The SMILES string of the molecule is CSCC[C@H](N)C(=O)Nc1ccn[nH]1. The van der Waals surface area contributed by atoms with Crippen LogP contribution in [0.1, 0.15) is 6.42 Å². The van der Waals surface area contributed by atoms with Gasteiger partial charge in [-0.3, -0.25) is 9.89 Å². The Morgan fingerprint density at radius 1 is 1.86 bits per heavy atom. The van der Waals surface area contributed by atoms with Crippen molar-refractivity contribution >= 4 is 23.5 Å². The van der Waals surface area contributed by atoms with Gasteiger partial charge in [0.15, 0.2) is 0 Å². The Kier molecular flexibility index (Phi) is 4.48. The van der Waals surface area contributed by atoms with E-state index in [2.05, 4.69) is 15.5 Å². The van der Waals surface area contributed by atoms with Crippen molar-refractivity contribution < 1.29 is 4.79 Å². The molecule has 4 N–H and O–H groups in total. The Morgan fingerprint density at radius 3 is 3.21 bits per heavy atom. The van der Waals surface area contributed by atoms with Gasteiger partial charge < -0.3 is 11.1 Å². The Bertz CT molecular complexity index is 275. The Hall–Kier alpha value is -1.01. The molecule has 0 aliphatic carbocycles. The summed E-state index contributed by atoms with van der Waals surface area (Å²) in [6.07, 6.45) is 4.24. The molecule has 1 aromatic rings. The largest absolute Gasteiger partial charge is 0.320 e. The van der Waals surface area contributed by atoms with Crippen molar-refractivity contribution in [2.75, 3.05) is 17.3 Å². The molecule has 0 fully saturated rings. The van der Waals surface area contributed by atoms with Gasteiger partial charge in [0.05, 0.1) is 12.2 Å². The molecule has 0 aliphatic rings. The fourth-order valence-electron chi connectivity index (χ4n) is 0.927. The lowest BCUT2D eigenvalue weighted by Crippen LogP contribution is -2.36. The number of aromatic amines is 1. The normalized spacial score (nSPS) is 12.4. The maximum atomic E-state index is 11.4. The van der Waals surface area contributed by atoms with Gasteiger partial charge in [-0.05, 0) is 18.4 Å². The van der Waals surface area contributed by atoms with Crippen LogP contribution in [-0.4, -0.2) is 34.2 Å². The van der Waals surface area contributed by atoms with Crippen LogP contribution in [0.2, 0.25) is 0 Å². The summed E-state index contributed by atoms with van der Waals surface area (Å²) in [6, 6.07) is 1.23. The molecule has 1 amide bonds. The number of nitrogens with one attached hydrogen (secondary N) is 2. The third-order valence-electron chi connectivity index (χ3n) is 1.73. The number of hydrogen-bond donors (Lipinski definition) is 3. The van der Waals surface area contributed by atoms with E-state index in [9.17, 15) is 4.79 Å². The molecule has 1 rings (SSSR count). The quantitative estimate of drug-likeness (QED) is 0.663. The smallest absolute Gasteiger partial charge is 0.242 e. The van der Waals surface area contributed by atoms with Crippen LogP contribution in [0.3, 0.4) is 0 Å². The average molecular weight is 214 g/mol. The van der Waals surface area contributed by atoms with Crippen molar-refractivity contribution in [1.29, 1.82) is 0 Å². The van der Waals surface area contributed by atoms with Crippen molar-refractivity contribution in [3.8, 4) is 0 Å². The van der Waals surface area contributed by atoms with Gasteiger partial charge in [-0.1, -0.05) is 0 Å². The van der Waals surface area contributed by atoms with Crippen LogP contribution in [-0.2, 0) is 4.79 Å². The monoisotopic (exact) mass is 214 g/mol. The number of nitrogens with two attached hydrogens (primary N) is 1. The van der Waals surface area contributed by atoms with E-state index in [1.54, 1.807) is 24.0 Å². The predicted molar refractivity (Wildman–Crippen MR) is 58.2 cm³/mol. The second-order valence-corrected chi connectivity index (χ2v) is 3.83. The number of rotatable bonds is 5. The maximum Gasteiger partial charge on any atom is 0.242 e. The van der Waals surface area contributed by atoms with Crippen molar-refractivity contribution in [1.82, 2.24) is 10.2 Å². The highest BCUT2D eigenvalue weighted by Crippen LogP contribution is 2.03. The van der Waals surface area contributed by atoms with Crippen LogP contribution in [0.5, 0.6) is 0 Å². The first-order valence-corrected chi connectivity index (χ1v) is 5.68. The van der Waals surface area contributed by atoms with Crippen LogP contribution >= 0.6 is 11.8 Å². The molecule has 1 aromatic heterocycles. The number of nitrogens with zero attached hydrogens (tertiary/aromatic N) is 1. The van der Waals surface area contributed by atoms with Gasteiger partial charge in [0.25, 0.3) is 0 Å². The fourth-order valence-corrected chi connectivity index (χ4v) is 1.42. The molecule has 14 heavy (non-hydrogen) atoms. The lowest BCUT2D eigenvalue weighted by atomic mass is 10.2. The van der Waals surface area contributed by atoms with Gasteiger partial charge in [-0.15, -0.1) is 0 Å². The third kappa shape index (κ3) is 3.39. The molecule has 0 bridgehead atoms. The molecule has 0 aliphatic heterocycles. The first kappa shape index (κ1) is 11.1. The summed E-state index contributed by atoms with van der Waals surface area (Å²) < 4.78 is 0. The van der Waals surface area contributed by atoms with Crippen LogP contribution in [0.15, 0.2) is 12.3 Å². The second-order valence-electron chi connectivity index (χ2n) is 2.85. The molecule has 0 saturated heterocycles. The van der Waals surface area contributed by atoms with E-state index < -0.39 is 6.04 Å². The predicted octanol–water partition coefficient (Wildman–Crippen LogP) is 0.429. The lowest BCUT2D eigenvalue weighted by Gasteiger charge is -2.09. The summed E-state index contributed by atoms with van der Waals surface area (Å²) in [5, 5.41) is 8.99. The lowest BCUT2D eigenvalue weighted by molar-refractivity contribution is -0.117. The zero-order chi connectivity index (χ0) is 10.4. The number of aromatic nitrogens is 2. The minimum atomic E-state index is -0.453. The number of anilines is 1. The minimum absolute atomic E-state index is 0.177. The molecule has 1 atom stereocenters. The van der Waals surface area contributed by atoms with Crippen molar-refractivity contribution in [3.63, 3.8) is 0 Å². The molecular weight excluding hydrogens is 200 g/mol. The summed E-state index contributed by atoms with van der Waals surface area (Å²) >= 11 is 1.68. The molecule has 0 saturated carbocycles. The first-order chi connectivity index (χ1) is 6.74. The molecule has 0 spiro atoms. The zero-order valence-electron chi connectivity index (χ0n) is 7.99. The van der Waals surface area contributed by atoms with E-state index in [1.807, 2.05) is 6.26 Å². The molecule has 1 heterocycles. The Balaban J connectivity index is 2.34. The fraction of sp³-hybridized carbons (Fsp3) is 0.500. The van der Waals surface area contributed by atoms with E-state index in [0.717, 1.165) is 5.75 Å². The first-order valence-electron chi connectivity index (χ1n) is 4.29. The van der Waals surface area contributed by atoms with E-state index in [-0.39, 0.29) is 5.91 Å². The molecule has 78 valence electrons. The van der Waals surface area contributed by atoms with E-state index in [0.29, 0.717) is 12.2 Å². The standard InChI is InChI=1S/C8H14N4OS/c1-14-5-3-6(9)8(13)11-7-2-4-10-12-7/h2,4,6H,3,5,9H2,1H3,(H2,10,11,12,13)/t6-/m0/s1. The molecule has 6 heteroatoms. The molecule has 0 unspecified atom stereocenters. The van der Waals surface area contributed by atoms with Gasteiger partial charge in [0, 0.05) is 6.07 Å². The number of carbonyl (C=O) groups is 1. The summed E-state index contributed by atoms with van der Waals surface area (Å²) in [4.78, 5) is 11.4. The van der Waals surface area contributed by atoms with Gasteiger partial charge in [-0.2, -0.15) is 16.9 Å². The maximum absolute atomic E-state index is 11.4. The van der Waals surface area contributed by atoms with E-state index in [4.69, 9.17) is 5.73 Å². The number of thioether (sulfide) groups is 1. The minimum Gasteiger partial charge on any atom is -0.320 e. The van der Waals surface area contributed by atoms with Crippen molar-refractivity contribution in [2.45, 2.75) is 12.5 Å². The van der Waals surface area contributed by atoms with Gasteiger partial charge >= 0.3 is 0 Å². The van der Waals surface area contributed by atoms with Crippen LogP contribution in [0.25, 0.3) is 0 Å². The summed E-state index contributed by atoms with van der Waals surface area (Å²) in [5.74, 6) is 1.29. The van der Waals surface area contributed by atoms with E-state index >= 15 is 0 Å². The summed E-state index contributed by atoms with van der Waals surface area (Å²) in [6.45, 7) is 0. The van der Waals surface area contributed by atoms with E-state index in [1.165, 1.54) is 0 Å². The summed E-state index contributed by atoms with van der Waals surface area (Å²) in [7, 11) is 0. The van der Waals surface area contributed by atoms with Crippen LogP contribution in [0, 0.1) is 0 Å². The number of H-pyrrole nitrogens is 1. The Labute approximate surface area is 86.8 Å². The number of hydrogen-bond acceptors (Lipinski definition) is 4. The number of carbonyl (C=O) groups excluding carboxylic acids is 1. The second kappa shape index (κ2) is 5.66. The topological polar surface area (TPSA) is 83.8 Å². The van der Waals surface area contributed by atoms with Crippen LogP contribution < -0.4 is 11.1 Å². The van der Waals surface area contributed by atoms with Gasteiger partial charge in [-0.25, -0.2) is 0 Å². The highest BCUT2D eigenvalue weighted by molar-refractivity contribution is 7.98. The molecular formula is C8H14N4OS. The van der Waals surface area contributed by atoms with Gasteiger partial charge in [0.1, 0.15) is 5.82 Å². The van der Waals surface area contributed by atoms with Gasteiger partial charge in [0.2, 0.25) is 5.91 Å². The summed E-state index contributed by atoms with van der Waals surface area (Å²) in [5.41, 5.74) is 5.66. The highest BCUT2D eigenvalue weighted by Gasteiger charge is 2.12. The van der Waals surface area contributed by atoms with Crippen molar-refractivity contribution in [3.05, 3.63) is 12.3 Å². The highest BCUT2D eigenvalue weighted by atomic mass is 32.2. The molecule has 5 nitrogen and oxygen atoms in total. The Morgan fingerprint density at radius 2 is 2.64 bits per heavy atom. The zero-order valence-corrected chi connectivity index (χ0v) is 8.80. The third-order valence-corrected chi connectivity index (χ3v) is 2.37. The van der Waals surface area contributed by atoms with Crippen LogP contribution in [0.4, 0.5) is 5.82 Å². The molecule has 0 radical (unpaired) electrons.